The topological polar surface area (TPSA) is 120 Å². The number of aromatic nitrogens is 2. The van der Waals surface area contributed by atoms with E-state index in [-0.39, 0.29) is 23.2 Å². The lowest BCUT2D eigenvalue weighted by Gasteiger charge is -2.26. The standard InChI is InChI=1S/C11H15N5O2/c12-3-7-1-2-18-6-8(7)4-16-5-9(11(14)17)10(13)15-16/h5,7-8H,1-2,4,6H2,(H2,13,15)(H2,14,17)/t7-,8+/m1/s1. The van der Waals surface area contributed by atoms with Gasteiger partial charge in [-0.25, -0.2) is 0 Å². The van der Waals surface area contributed by atoms with Crippen LogP contribution >= 0.6 is 0 Å². The number of amides is 1. The summed E-state index contributed by atoms with van der Waals surface area (Å²) in [6.07, 6.45) is 2.24. The van der Waals surface area contributed by atoms with Gasteiger partial charge in [-0.2, -0.15) is 10.4 Å². The Morgan fingerprint density at radius 2 is 2.50 bits per heavy atom. The van der Waals surface area contributed by atoms with E-state index >= 15 is 0 Å². The van der Waals surface area contributed by atoms with Crippen molar-refractivity contribution in [3.63, 3.8) is 0 Å². The minimum Gasteiger partial charge on any atom is -0.382 e. The SMILES string of the molecule is N#C[C@H]1CCOC[C@@H]1Cn1cc(C(N)=O)c(N)n1. The van der Waals surface area contributed by atoms with Crippen LogP contribution in [0.25, 0.3) is 0 Å². The number of nitrogen functional groups attached to an aromatic ring is 1. The lowest BCUT2D eigenvalue weighted by Crippen LogP contribution is -2.30. The number of ether oxygens (including phenoxy) is 1. The molecule has 0 aliphatic carbocycles. The van der Waals surface area contributed by atoms with E-state index in [4.69, 9.17) is 21.5 Å². The first-order valence-corrected chi connectivity index (χ1v) is 5.72. The Bertz CT molecular complexity index is 490. The number of primary amides is 1. The third kappa shape index (κ3) is 2.43. The molecule has 0 saturated carbocycles. The second-order valence-corrected chi connectivity index (χ2v) is 4.37. The third-order valence-electron chi connectivity index (χ3n) is 3.12. The normalized spacial score (nSPS) is 23.5. The molecule has 0 aromatic carbocycles. The van der Waals surface area contributed by atoms with Gasteiger partial charge in [0.25, 0.3) is 5.91 Å². The van der Waals surface area contributed by atoms with Crippen molar-refractivity contribution in [1.82, 2.24) is 9.78 Å². The highest BCUT2D eigenvalue weighted by molar-refractivity contribution is 5.96. The molecule has 2 heterocycles. The van der Waals surface area contributed by atoms with E-state index < -0.39 is 5.91 Å². The van der Waals surface area contributed by atoms with Crippen LogP contribution in [0.1, 0.15) is 16.8 Å². The van der Waals surface area contributed by atoms with Gasteiger partial charge in [0.05, 0.1) is 18.6 Å². The van der Waals surface area contributed by atoms with Gasteiger partial charge in [0, 0.05) is 25.3 Å². The third-order valence-corrected chi connectivity index (χ3v) is 3.12. The van der Waals surface area contributed by atoms with Crippen LogP contribution in [0.5, 0.6) is 0 Å². The van der Waals surface area contributed by atoms with Crippen molar-refractivity contribution >= 4 is 11.7 Å². The Kier molecular flexibility index (Phi) is 3.48. The zero-order valence-electron chi connectivity index (χ0n) is 9.87. The van der Waals surface area contributed by atoms with Crippen LogP contribution in [0.3, 0.4) is 0 Å². The number of anilines is 1. The smallest absolute Gasteiger partial charge is 0.254 e. The minimum absolute atomic E-state index is 0.0544. The number of carbonyl (C=O) groups excluding carboxylic acids is 1. The van der Waals surface area contributed by atoms with Crippen LogP contribution in [0.4, 0.5) is 5.82 Å². The van der Waals surface area contributed by atoms with Gasteiger partial charge in [-0.05, 0) is 6.42 Å². The molecule has 1 aromatic rings. The predicted molar refractivity (Wildman–Crippen MR) is 63.2 cm³/mol. The number of carbonyl (C=O) groups is 1. The van der Waals surface area contributed by atoms with Gasteiger partial charge in [-0.1, -0.05) is 0 Å². The Labute approximate surface area is 104 Å². The van der Waals surface area contributed by atoms with E-state index in [2.05, 4.69) is 11.2 Å². The summed E-state index contributed by atoms with van der Waals surface area (Å²) in [5.74, 6) is -0.479. The molecule has 2 atom stereocenters. The number of nitrogens with two attached hydrogens (primary N) is 2. The molecule has 1 amide bonds. The fourth-order valence-electron chi connectivity index (χ4n) is 2.11. The highest BCUT2D eigenvalue weighted by Gasteiger charge is 2.26. The Morgan fingerprint density at radius 3 is 3.11 bits per heavy atom. The fourth-order valence-corrected chi connectivity index (χ4v) is 2.11. The number of rotatable bonds is 3. The summed E-state index contributed by atoms with van der Waals surface area (Å²) in [7, 11) is 0. The molecule has 1 aliphatic heterocycles. The lowest BCUT2D eigenvalue weighted by molar-refractivity contribution is 0.0253. The van der Waals surface area contributed by atoms with Gasteiger partial charge < -0.3 is 16.2 Å². The van der Waals surface area contributed by atoms with Crippen molar-refractivity contribution < 1.29 is 9.53 Å². The average Bonchev–Trinajstić information content (AvgIpc) is 2.71. The molecule has 7 heteroatoms. The molecule has 2 rings (SSSR count). The first kappa shape index (κ1) is 12.4. The molecule has 1 fully saturated rings. The molecule has 0 unspecified atom stereocenters. The van der Waals surface area contributed by atoms with Gasteiger partial charge in [0.1, 0.15) is 5.56 Å². The number of hydrogen-bond donors (Lipinski definition) is 2. The first-order chi connectivity index (χ1) is 8.61. The monoisotopic (exact) mass is 249 g/mol. The second-order valence-electron chi connectivity index (χ2n) is 4.37. The van der Waals surface area contributed by atoms with Crippen LogP contribution in [0.2, 0.25) is 0 Å². The Morgan fingerprint density at radius 1 is 1.72 bits per heavy atom. The maximum atomic E-state index is 11.1. The molecule has 96 valence electrons. The van der Waals surface area contributed by atoms with Crippen molar-refractivity contribution in [2.45, 2.75) is 13.0 Å². The summed E-state index contributed by atoms with van der Waals surface area (Å²) in [6.45, 7) is 1.63. The molecule has 1 aromatic heterocycles. The molecule has 4 N–H and O–H groups in total. The number of nitrogens with zero attached hydrogens (tertiary/aromatic N) is 3. The molecular formula is C11H15N5O2. The maximum absolute atomic E-state index is 11.1. The fraction of sp³-hybridized carbons (Fsp3) is 0.545. The van der Waals surface area contributed by atoms with Gasteiger partial charge in [0.2, 0.25) is 0 Å². The lowest BCUT2D eigenvalue weighted by atomic mass is 9.90. The first-order valence-electron chi connectivity index (χ1n) is 5.72. The predicted octanol–water partition coefficient (Wildman–Crippen LogP) is -0.260. The largest absolute Gasteiger partial charge is 0.382 e. The molecule has 0 radical (unpaired) electrons. The van der Waals surface area contributed by atoms with Gasteiger partial charge in [-0.15, -0.1) is 0 Å². The molecule has 1 aliphatic rings. The van der Waals surface area contributed by atoms with Crippen LogP contribution in [-0.4, -0.2) is 28.9 Å². The van der Waals surface area contributed by atoms with Gasteiger partial charge >= 0.3 is 0 Å². The number of nitriles is 1. The molecule has 0 bridgehead atoms. The molecule has 0 spiro atoms. The van der Waals surface area contributed by atoms with Crippen molar-refractivity contribution in [3.05, 3.63) is 11.8 Å². The minimum atomic E-state index is -0.601. The van der Waals surface area contributed by atoms with Crippen LogP contribution in [0.15, 0.2) is 6.20 Å². The summed E-state index contributed by atoms with van der Waals surface area (Å²) in [5, 5.41) is 13.1. The van der Waals surface area contributed by atoms with Crippen molar-refractivity contribution in [2.24, 2.45) is 17.6 Å². The summed E-state index contributed by atoms with van der Waals surface area (Å²) >= 11 is 0. The van der Waals surface area contributed by atoms with Crippen LogP contribution in [0, 0.1) is 23.2 Å². The molecular weight excluding hydrogens is 234 g/mol. The van der Waals surface area contributed by atoms with Gasteiger partial charge in [-0.3, -0.25) is 9.48 Å². The zero-order valence-corrected chi connectivity index (χ0v) is 9.87. The maximum Gasteiger partial charge on any atom is 0.254 e. The summed E-state index contributed by atoms with van der Waals surface area (Å²) in [4.78, 5) is 11.1. The summed E-state index contributed by atoms with van der Waals surface area (Å²) in [5.41, 5.74) is 11.0. The van der Waals surface area contributed by atoms with E-state index in [9.17, 15) is 4.79 Å². The second kappa shape index (κ2) is 5.06. The van der Waals surface area contributed by atoms with E-state index in [0.29, 0.717) is 19.8 Å². The van der Waals surface area contributed by atoms with E-state index in [1.807, 2.05) is 0 Å². The summed E-state index contributed by atoms with van der Waals surface area (Å²) in [6, 6.07) is 2.27. The molecule has 7 nitrogen and oxygen atoms in total. The van der Waals surface area contributed by atoms with Crippen LogP contribution in [-0.2, 0) is 11.3 Å². The van der Waals surface area contributed by atoms with Crippen LogP contribution < -0.4 is 11.5 Å². The summed E-state index contributed by atoms with van der Waals surface area (Å²) < 4.78 is 6.91. The zero-order chi connectivity index (χ0) is 13.1. The average molecular weight is 249 g/mol. The van der Waals surface area contributed by atoms with E-state index in [1.54, 1.807) is 4.68 Å². The molecule has 1 saturated heterocycles. The van der Waals surface area contributed by atoms with Crippen molar-refractivity contribution in [1.29, 1.82) is 5.26 Å². The highest BCUT2D eigenvalue weighted by Crippen LogP contribution is 2.23. The van der Waals surface area contributed by atoms with Crippen molar-refractivity contribution in [3.8, 4) is 6.07 Å². The quantitative estimate of drug-likeness (QED) is 0.764. The molecule has 18 heavy (non-hydrogen) atoms. The van der Waals surface area contributed by atoms with E-state index in [1.165, 1.54) is 6.20 Å². The van der Waals surface area contributed by atoms with E-state index in [0.717, 1.165) is 6.42 Å². The highest BCUT2D eigenvalue weighted by atomic mass is 16.5. The number of hydrogen-bond acceptors (Lipinski definition) is 5. The van der Waals surface area contributed by atoms with Gasteiger partial charge in [0.15, 0.2) is 5.82 Å². The Balaban J connectivity index is 2.11. The van der Waals surface area contributed by atoms with Crippen molar-refractivity contribution in [2.75, 3.05) is 18.9 Å². The Hall–Kier alpha value is -2.07.